The van der Waals surface area contributed by atoms with Crippen molar-refractivity contribution in [3.8, 4) is 0 Å². The second-order valence-electron chi connectivity index (χ2n) is 4.96. The molecule has 0 heterocycles. The number of hydrogen-bond donors (Lipinski definition) is 1. The van der Waals surface area contributed by atoms with Gasteiger partial charge in [0, 0.05) is 19.2 Å². The molecule has 0 saturated heterocycles. The molecule has 0 spiro atoms. The van der Waals surface area contributed by atoms with Crippen LogP contribution in [0.25, 0.3) is 0 Å². The van der Waals surface area contributed by atoms with Crippen LogP contribution in [0.1, 0.15) is 32.6 Å². The number of ether oxygens (including phenoxy) is 2. The summed E-state index contributed by atoms with van der Waals surface area (Å²) in [5.74, 6) is 1.96. The summed E-state index contributed by atoms with van der Waals surface area (Å²) in [6.07, 6.45) is 5.78. The maximum Gasteiger partial charge on any atom is 0.0701 e. The highest BCUT2D eigenvalue weighted by atomic mass is 16.5. The Morgan fingerprint density at radius 3 is 2.19 bits per heavy atom. The van der Waals surface area contributed by atoms with Crippen LogP contribution in [-0.2, 0) is 9.47 Å². The standard InChI is InChI=1S/C13H25NO2/c1-2-15-9-10-16-8-7-14-13(11-3-4-11)12-5-6-12/h11-14H,2-10H2,1H3. The predicted octanol–water partition coefficient (Wildman–Crippen LogP) is 1.82. The van der Waals surface area contributed by atoms with Crippen LogP contribution < -0.4 is 5.32 Å². The third-order valence-electron chi connectivity index (χ3n) is 3.46. The van der Waals surface area contributed by atoms with Crippen molar-refractivity contribution in [3.05, 3.63) is 0 Å². The third-order valence-corrected chi connectivity index (χ3v) is 3.46. The van der Waals surface area contributed by atoms with E-state index in [1.54, 1.807) is 0 Å². The van der Waals surface area contributed by atoms with Crippen LogP contribution in [0, 0.1) is 11.8 Å². The fraction of sp³-hybridized carbons (Fsp3) is 1.00. The highest BCUT2D eigenvalue weighted by Crippen LogP contribution is 2.44. The van der Waals surface area contributed by atoms with E-state index in [1.807, 2.05) is 6.92 Å². The van der Waals surface area contributed by atoms with Crippen LogP contribution >= 0.6 is 0 Å². The van der Waals surface area contributed by atoms with Crippen molar-refractivity contribution in [1.29, 1.82) is 0 Å². The molecular weight excluding hydrogens is 202 g/mol. The lowest BCUT2D eigenvalue weighted by Crippen LogP contribution is -2.35. The van der Waals surface area contributed by atoms with Gasteiger partial charge in [-0.15, -0.1) is 0 Å². The maximum absolute atomic E-state index is 5.50. The van der Waals surface area contributed by atoms with Gasteiger partial charge in [0.25, 0.3) is 0 Å². The van der Waals surface area contributed by atoms with E-state index in [0.717, 1.165) is 50.8 Å². The molecule has 2 rings (SSSR count). The van der Waals surface area contributed by atoms with Crippen molar-refractivity contribution in [3.63, 3.8) is 0 Å². The topological polar surface area (TPSA) is 30.5 Å². The maximum atomic E-state index is 5.50. The van der Waals surface area contributed by atoms with Crippen molar-refractivity contribution in [1.82, 2.24) is 5.32 Å². The Balaban J connectivity index is 1.44. The van der Waals surface area contributed by atoms with Gasteiger partial charge in [0.05, 0.1) is 19.8 Å². The largest absolute Gasteiger partial charge is 0.379 e. The van der Waals surface area contributed by atoms with Gasteiger partial charge in [-0.3, -0.25) is 0 Å². The van der Waals surface area contributed by atoms with Gasteiger partial charge in [0.15, 0.2) is 0 Å². The van der Waals surface area contributed by atoms with E-state index in [0.29, 0.717) is 0 Å². The quantitative estimate of drug-likeness (QED) is 0.577. The van der Waals surface area contributed by atoms with E-state index in [1.165, 1.54) is 25.7 Å². The molecule has 0 bridgehead atoms. The molecule has 0 radical (unpaired) electrons. The molecule has 16 heavy (non-hydrogen) atoms. The second kappa shape index (κ2) is 6.58. The van der Waals surface area contributed by atoms with Gasteiger partial charge in [-0.05, 0) is 44.4 Å². The van der Waals surface area contributed by atoms with Gasteiger partial charge in [-0.1, -0.05) is 0 Å². The molecule has 94 valence electrons. The summed E-state index contributed by atoms with van der Waals surface area (Å²) >= 11 is 0. The zero-order valence-electron chi connectivity index (χ0n) is 10.4. The van der Waals surface area contributed by atoms with Gasteiger partial charge < -0.3 is 14.8 Å². The van der Waals surface area contributed by atoms with Gasteiger partial charge >= 0.3 is 0 Å². The van der Waals surface area contributed by atoms with Crippen molar-refractivity contribution < 1.29 is 9.47 Å². The van der Waals surface area contributed by atoms with Crippen molar-refractivity contribution in [2.75, 3.05) is 33.0 Å². The minimum Gasteiger partial charge on any atom is -0.379 e. The average Bonchev–Trinajstić information content (AvgIpc) is 3.16. The van der Waals surface area contributed by atoms with Crippen LogP contribution in [0.2, 0.25) is 0 Å². The van der Waals surface area contributed by atoms with E-state index in [2.05, 4.69) is 5.32 Å². The number of nitrogens with one attached hydrogen (secondary N) is 1. The summed E-state index contributed by atoms with van der Waals surface area (Å²) < 4.78 is 10.7. The van der Waals surface area contributed by atoms with Gasteiger partial charge in [0.2, 0.25) is 0 Å². The summed E-state index contributed by atoms with van der Waals surface area (Å²) in [4.78, 5) is 0. The highest BCUT2D eigenvalue weighted by molar-refractivity contribution is 4.96. The summed E-state index contributed by atoms with van der Waals surface area (Å²) in [6.45, 7) is 6.08. The minimum absolute atomic E-state index is 0.727. The lowest BCUT2D eigenvalue weighted by atomic mass is 10.1. The van der Waals surface area contributed by atoms with Crippen molar-refractivity contribution in [2.24, 2.45) is 11.8 Å². The first kappa shape index (κ1) is 12.3. The molecule has 0 aliphatic heterocycles. The molecule has 2 fully saturated rings. The Morgan fingerprint density at radius 2 is 1.62 bits per heavy atom. The first-order valence-corrected chi connectivity index (χ1v) is 6.80. The Labute approximate surface area is 98.9 Å². The van der Waals surface area contributed by atoms with Crippen molar-refractivity contribution >= 4 is 0 Å². The van der Waals surface area contributed by atoms with E-state index in [-0.39, 0.29) is 0 Å². The zero-order chi connectivity index (χ0) is 11.2. The predicted molar refractivity (Wildman–Crippen MR) is 64.6 cm³/mol. The normalized spacial score (nSPS) is 20.6. The smallest absolute Gasteiger partial charge is 0.0701 e. The van der Waals surface area contributed by atoms with Crippen LogP contribution in [0.3, 0.4) is 0 Å². The lowest BCUT2D eigenvalue weighted by molar-refractivity contribution is 0.0529. The lowest BCUT2D eigenvalue weighted by Gasteiger charge is -2.17. The number of hydrogen-bond acceptors (Lipinski definition) is 3. The Kier molecular flexibility index (Phi) is 5.07. The molecule has 0 atom stereocenters. The Hall–Kier alpha value is -0.120. The van der Waals surface area contributed by atoms with Crippen LogP contribution in [-0.4, -0.2) is 39.0 Å². The van der Waals surface area contributed by atoms with Gasteiger partial charge in [-0.25, -0.2) is 0 Å². The molecule has 0 aromatic rings. The van der Waals surface area contributed by atoms with Gasteiger partial charge in [0.1, 0.15) is 0 Å². The van der Waals surface area contributed by atoms with Crippen LogP contribution in [0.5, 0.6) is 0 Å². The molecule has 0 amide bonds. The fourth-order valence-electron chi connectivity index (χ4n) is 2.29. The highest BCUT2D eigenvalue weighted by Gasteiger charge is 2.40. The molecule has 2 aliphatic carbocycles. The minimum atomic E-state index is 0.727. The van der Waals surface area contributed by atoms with E-state index in [9.17, 15) is 0 Å². The van der Waals surface area contributed by atoms with Crippen LogP contribution in [0.4, 0.5) is 0 Å². The number of rotatable bonds is 10. The Bertz CT molecular complexity index is 178. The SMILES string of the molecule is CCOCCOCCNC(C1CC1)C1CC1. The zero-order valence-corrected chi connectivity index (χ0v) is 10.4. The molecule has 2 aliphatic rings. The molecular formula is C13H25NO2. The second-order valence-corrected chi connectivity index (χ2v) is 4.96. The molecule has 2 saturated carbocycles. The molecule has 0 unspecified atom stereocenters. The monoisotopic (exact) mass is 227 g/mol. The van der Waals surface area contributed by atoms with E-state index < -0.39 is 0 Å². The molecule has 1 N–H and O–H groups in total. The first-order valence-electron chi connectivity index (χ1n) is 6.80. The third kappa shape index (κ3) is 4.40. The van der Waals surface area contributed by atoms with Gasteiger partial charge in [-0.2, -0.15) is 0 Å². The summed E-state index contributed by atoms with van der Waals surface area (Å²) in [7, 11) is 0. The first-order chi connectivity index (χ1) is 7.92. The summed E-state index contributed by atoms with van der Waals surface area (Å²) in [5, 5.41) is 3.67. The molecule has 3 heteroatoms. The molecule has 0 aromatic heterocycles. The van der Waals surface area contributed by atoms with Crippen molar-refractivity contribution in [2.45, 2.75) is 38.6 Å². The molecule has 3 nitrogen and oxygen atoms in total. The van der Waals surface area contributed by atoms with Crippen LogP contribution in [0.15, 0.2) is 0 Å². The Morgan fingerprint density at radius 1 is 1.00 bits per heavy atom. The summed E-state index contributed by atoms with van der Waals surface area (Å²) in [5.41, 5.74) is 0. The average molecular weight is 227 g/mol. The fourth-order valence-corrected chi connectivity index (χ4v) is 2.29. The van der Waals surface area contributed by atoms with E-state index in [4.69, 9.17) is 9.47 Å². The summed E-state index contributed by atoms with van der Waals surface area (Å²) in [6, 6.07) is 0.801. The molecule has 0 aromatic carbocycles. The van der Waals surface area contributed by atoms with E-state index >= 15 is 0 Å².